The van der Waals surface area contributed by atoms with E-state index in [2.05, 4.69) is 41.7 Å². The van der Waals surface area contributed by atoms with E-state index >= 15 is 0 Å². The SMILES string of the molecule is C=CC(=O)N1CC2(CCN(c3nc4c(c(-c5c(C)ccc6cnn(C)c56)c3C#N)[C@@H]3CC[C@H]4C3)C2)C1. The molecule has 2 aromatic heterocycles. The van der Waals surface area contributed by atoms with Gasteiger partial charge in [0.15, 0.2) is 0 Å². The molecule has 182 valence electrons. The van der Waals surface area contributed by atoms with Gasteiger partial charge in [-0.05, 0) is 55.7 Å². The largest absolute Gasteiger partial charge is 0.355 e. The fourth-order valence-corrected chi connectivity index (χ4v) is 7.52. The average Bonchev–Trinajstić information content (AvgIpc) is 3.65. The Morgan fingerprint density at radius 3 is 2.81 bits per heavy atom. The Hall–Kier alpha value is -3.66. The van der Waals surface area contributed by atoms with Crippen LogP contribution in [0.15, 0.2) is 31.0 Å². The van der Waals surface area contributed by atoms with Crippen molar-refractivity contribution in [1.29, 1.82) is 5.26 Å². The van der Waals surface area contributed by atoms with Crippen LogP contribution in [0.3, 0.4) is 0 Å². The summed E-state index contributed by atoms with van der Waals surface area (Å²) in [7, 11) is 1.99. The number of carbonyl (C=O) groups excluding carboxylic acids is 1. The van der Waals surface area contributed by atoms with Crippen LogP contribution in [-0.4, -0.2) is 51.8 Å². The fourth-order valence-electron chi connectivity index (χ4n) is 7.52. The smallest absolute Gasteiger partial charge is 0.245 e. The minimum Gasteiger partial charge on any atom is -0.355 e. The molecule has 3 aromatic rings. The fraction of sp³-hybridized carbons (Fsp3) is 0.448. The number of carbonyl (C=O) groups is 1. The molecule has 7 heteroatoms. The molecule has 1 amide bonds. The van der Waals surface area contributed by atoms with Crippen molar-refractivity contribution in [1.82, 2.24) is 19.7 Å². The summed E-state index contributed by atoms with van der Waals surface area (Å²) in [6, 6.07) is 6.90. The van der Waals surface area contributed by atoms with Crippen molar-refractivity contribution < 1.29 is 4.79 Å². The molecule has 2 atom stereocenters. The maximum absolute atomic E-state index is 12.1. The van der Waals surface area contributed by atoms with Gasteiger partial charge in [0.1, 0.15) is 17.5 Å². The van der Waals surface area contributed by atoms with E-state index in [0.29, 0.717) is 17.4 Å². The third kappa shape index (κ3) is 2.81. The summed E-state index contributed by atoms with van der Waals surface area (Å²) in [5.74, 6) is 1.81. The third-order valence-corrected chi connectivity index (χ3v) is 9.22. The molecule has 7 rings (SSSR count). The van der Waals surface area contributed by atoms with E-state index in [9.17, 15) is 10.1 Å². The zero-order chi connectivity index (χ0) is 24.8. The zero-order valence-corrected chi connectivity index (χ0v) is 20.9. The number of nitriles is 1. The van der Waals surface area contributed by atoms with Crippen molar-refractivity contribution in [3.05, 3.63) is 53.4 Å². The van der Waals surface area contributed by atoms with Crippen LogP contribution in [0.1, 0.15) is 59.9 Å². The van der Waals surface area contributed by atoms with Gasteiger partial charge in [0.25, 0.3) is 0 Å². The summed E-state index contributed by atoms with van der Waals surface area (Å²) in [6.07, 6.45) is 7.83. The average molecular weight is 479 g/mol. The number of likely N-dealkylation sites (tertiary alicyclic amines) is 1. The molecule has 1 spiro atoms. The normalized spacial score (nSPS) is 23.2. The Bertz CT molecular complexity index is 1500. The van der Waals surface area contributed by atoms with Crippen molar-refractivity contribution in [3.8, 4) is 17.2 Å². The van der Waals surface area contributed by atoms with Crippen molar-refractivity contribution in [2.45, 2.75) is 44.4 Å². The van der Waals surface area contributed by atoms with Crippen molar-refractivity contribution in [2.75, 3.05) is 31.1 Å². The summed E-state index contributed by atoms with van der Waals surface area (Å²) in [6.45, 7) is 8.98. The lowest BCUT2D eigenvalue weighted by Crippen LogP contribution is -2.59. The highest BCUT2D eigenvalue weighted by atomic mass is 16.2. The van der Waals surface area contributed by atoms with Gasteiger partial charge in [-0.15, -0.1) is 0 Å². The van der Waals surface area contributed by atoms with Crippen molar-refractivity contribution in [2.24, 2.45) is 12.5 Å². The zero-order valence-electron chi connectivity index (χ0n) is 20.9. The molecular weight excluding hydrogens is 448 g/mol. The van der Waals surface area contributed by atoms with E-state index in [1.54, 1.807) is 0 Å². The summed E-state index contributed by atoms with van der Waals surface area (Å²) in [5.41, 5.74) is 7.79. The minimum atomic E-state index is 0.00510. The van der Waals surface area contributed by atoms with Gasteiger partial charge >= 0.3 is 0 Å². The first-order valence-electron chi connectivity index (χ1n) is 13.0. The van der Waals surface area contributed by atoms with Gasteiger partial charge in [0.05, 0.1) is 17.4 Å². The topological polar surface area (TPSA) is 78.1 Å². The molecule has 7 nitrogen and oxygen atoms in total. The van der Waals surface area contributed by atoms with E-state index in [0.717, 1.165) is 66.9 Å². The van der Waals surface area contributed by atoms with E-state index in [-0.39, 0.29) is 11.3 Å². The molecule has 1 saturated carbocycles. The first-order valence-corrected chi connectivity index (χ1v) is 13.0. The van der Waals surface area contributed by atoms with Crippen LogP contribution in [0.2, 0.25) is 0 Å². The lowest BCUT2D eigenvalue weighted by molar-refractivity contribution is -0.136. The summed E-state index contributed by atoms with van der Waals surface area (Å²) in [4.78, 5) is 21.5. The number of amides is 1. The predicted molar refractivity (Wildman–Crippen MR) is 139 cm³/mol. The Morgan fingerprint density at radius 2 is 2.03 bits per heavy atom. The van der Waals surface area contributed by atoms with Crippen LogP contribution < -0.4 is 4.90 Å². The number of hydrogen-bond donors (Lipinski definition) is 0. The highest BCUT2D eigenvalue weighted by Crippen LogP contribution is 2.57. The lowest BCUT2D eigenvalue weighted by atomic mass is 9.79. The second-order valence-corrected chi connectivity index (χ2v) is 11.3. The molecule has 36 heavy (non-hydrogen) atoms. The number of fused-ring (bicyclic) bond motifs is 6. The van der Waals surface area contributed by atoms with Gasteiger partial charge in [0, 0.05) is 61.1 Å². The Balaban J connectivity index is 1.40. The van der Waals surface area contributed by atoms with Gasteiger partial charge in [0.2, 0.25) is 5.91 Å². The molecule has 4 aliphatic rings. The number of benzene rings is 1. The summed E-state index contributed by atoms with van der Waals surface area (Å²) < 4.78 is 1.95. The van der Waals surface area contributed by atoms with Gasteiger partial charge in [-0.2, -0.15) is 10.4 Å². The van der Waals surface area contributed by atoms with Crippen LogP contribution in [0.25, 0.3) is 22.0 Å². The van der Waals surface area contributed by atoms with Gasteiger partial charge in [-0.1, -0.05) is 18.7 Å². The number of hydrogen-bond acceptors (Lipinski definition) is 5. The second-order valence-electron chi connectivity index (χ2n) is 11.3. The lowest BCUT2D eigenvalue weighted by Gasteiger charge is -2.47. The summed E-state index contributed by atoms with van der Waals surface area (Å²) in [5, 5.41) is 16.3. The number of anilines is 1. The standard InChI is InChI=1S/C29H30N6O/c1-4-22(36)35-15-29(16-35)9-10-34(14-29)28-21(12-30)25(24-18-7-8-19(11-18)26(24)32-28)23-17(2)5-6-20-13-31-33(3)27(20)23/h4-6,13,18-19H,1,7-11,14-16H2,2-3H3/t18-,19+/m1/s1. The van der Waals surface area contributed by atoms with Crippen LogP contribution in [-0.2, 0) is 11.8 Å². The van der Waals surface area contributed by atoms with E-state index in [1.807, 2.05) is 22.8 Å². The van der Waals surface area contributed by atoms with E-state index in [1.165, 1.54) is 35.7 Å². The number of rotatable bonds is 3. The molecule has 2 bridgehead atoms. The molecule has 2 aliphatic heterocycles. The van der Waals surface area contributed by atoms with Crippen LogP contribution >= 0.6 is 0 Å². The number of aryl methyl sites for hydroxylation is 2. The molecule has 2 saturated heterocycles. The van der Waals surface area contributed by atoms with Gasteiger partial charge < -0.3 is 9.80 Å². The predicted octanol–water partition coefficient (Wildman–Crippen LogP) is 4.40. The minimum absolute atomic E-state index is 0.00510. The first kappa shape index (κ1) is 21.6. The first-order chi connectivity index (χ1) is 17.4. The van der Waals surface area contributed by atoms with Crippen molar-refractivity contribution in [3.63, 3.8) is 0 Å². The molecule has 0 N–H and O–H groups in total. The Kier molecular flexibility index (Phi) is 4.46. The molecule has 0 radical (unpaired) electrons. The number of aromatic nitrogens is 3. The van der Waals surface area contributed by atoms with E-state index in [4.69, 9.17) is 4.98 Å². The van der Waals surface area contributed by atoms with Crippen LogP contribution in [0, 0.1) is 23.7 Å². The maximum Gasteiger partial charge on any atom is 0.245 e. The third-order valence-electron chi connectivity index (χ3n) is 9.22. The summed E-state index contributed by atoms with van der Waals surface area (Å²) >= 11 is 0. The Labute approximate surface area is 211 Å². The number of pyridine rings is 1. The van der Waals surface area contributed by atoms with Crippen molar-refractivity contribution >= 4 is 22.6 Å². The Morgan fingerprint density at radius 1 is 1.22 bits per heavy atom. The van der Waals surface area contributed by atoms with Crippen LogP contribution in [0.5, 0.6) is 0 Å². The second kappa shape index (κ2) is 7.42. The van der Waals surface area contributed by atoms with Gasteiger partial charge in [-0.3, -0.25) is 9.48 Å². The molecule has 4 heterocycles. The maximum atomic E-state index is 12.1. The van der Waals surface area contributed by atoms with Gasteiger partial charge in [-0.25, -0.2) is 4.98 Å². The van der Waals surface area contributed by atoms with E-state index < -0.39 is 0 Å². The quantitative estimate of drug-likeness (QED) is 0.521. The highest BCUT2D eigenvalue weighted by molar-refractivity contribution is 5.99. The molecule has 1 aromatic carbocycles. The molecule has 3 fully saturated rings. The monoisotopic (exact) mass is 478 g/mol. The number of nitrogens with zero attached hydrogens (tertiary/aromatic N) is 6. The highest BCUT2D eigenvalue weighted by Gasteiger charge is 2.50. The molecule has 2 aliphatic carbocycles. The molecular formula is C29H30N6O. The van der Waals surface area contributed by atoms with Crippen LogP contribution in [0.4, 0.5) is 5.82 Å². The molecule has 0 unspecified atom stereocenters.